The molecule has 3 atom stereocenters. The number of aromatic nitrogens is 2. The maximum absolute atomic E-state index is 12.8. The molecule has 4 rings (SSSR count). The summed E-state index contributed by atoms with van der Waals surface area (Å²) in [5.41, 5.74) is 2.00. The number of aromatic amines is 1. The maximum atomic E-state index is 12.8. The van der Waals surface area contributed by atoms with E-state index in [1.54, 1.807) is 0 Å². The Hall–Kier alpha value is -3.23. The van der Waals surface area contributed by atoms with Crippen LogP contribution in [0.25, 0.3) is 0 Å². The van der Waals surface area contributed by atoms with Crippen molar-refractivity contribution >= 4 is 81.0 Å². The van der Waals surface area contributed by atoms with Crippen LogP contribution in [0.4, 0.5) is 13.9 Å². The van der Waals surface area contributed by atoms with Gasteiger partial charge in [0.2, 0.25) is 5.91 Å². The van der Waals surface area contributed by atoms with Crippen molar-refractivity contribution in [1.29, 1.82) is 0 Å². The number of alkyl halides is 2. The molecular weight excluding hydrogens is 594 g/mol. The fourth-order valence-corrected chi connectivity index (χ4v) is 7.96. The van der Waals surface area contributed by atoms with Crippen molar-refractivity contribution in [3.8, 4) is 0 Å². The van der Waals surface area contributed by atoms with Crippen molar-refractivity contribution in [3.05, 3.63) is 27.0 Å². The summed E-state index contributed by atoms with van der Waals surface area (Å²) in [5, 5.41) is 25.4. The van der Waals surface area contributed by atoms with E-state index in [2.05, 4.69) is 24.7 Å². The van der Waals surface area contributed by atoms with Crippen LogP contribution in [0.1, 0.15) is 16.1 Å². The number of carbonyl (C=O) groups excluding carboxylic acids is 2. The lowest BCUT2D eigenvalue weighted by molar-refractivity contribution is -0.157. The molecule has 38 heavy (non-hydrogen) atoms. The normalized spacial score (nSPS) is 23.1. The number of β-lactam (4-membered cyclic amide) rings is 1. The number of hydrogen-bond donors (Lipinski definition) is 5. The maximum Gasteiger partial charge on any atom is 0.407 e. The van der Waals surface area contributed by atoms with Gasteiger partial charge in [0, 0.05) is 23.4 Å². The van der Waals surface area contributed by atoms with Crippen molar-refractivity contribution in [2.24, 2.45) is 10.6 Å². The third-order valence-corrected chi connectivity index (χ3v) is 10.2. The van der Waals surface area contributed by atoms with Gasteiger partial charge in [0.25, 0.3) is 11.5 Å². The number of nitrogen functional groups attached to an aromatic ring is 1. The molecule has 6 N–H and O–H groups in total. The second kappa shape index (κ2) is 10.9. The molecule has 204 valence electrons. The first-order valence-corrected chi connectivity index (χ1v) is 13.9. The minimum atomic E-state index is -3.32. The fourth-order valence-electron chi connectivity index (χ4n) is 3.59. The molecule has 4 heterocycles. The number of nitrogens with zero attached hydrogens (tertiary/aromatic N) is 3. The lowest BCUT2D eigenvalue weighted by Gasteiger charge is -2.53. The summed E-state index contributed by atoms with van der Waals surface area (Å²) in [7, 11) is 0. The summed E-state index contributed by atoms with van der Waals surface area (Å²) >= 11 is 3.65. The van der Waals surface area contributed by atoms with Crippen LogP contribution in [0.5, 0.6) is 0 Å². The van der Waals surface area contributed by atoms with Crippen molar-refractivity contribution in [2.75, 3.05) is 23.8 Å². The number of hydrogen-bond acceptors (Lipinski definition) is 13. The molecule has 0 aromatic carbocycles. The van der Waals surface area contributed by atoms with Crippen LogP contribution in [-0.2, 0) is 19.2 Å². The highest BCUT2D eigenvalue weighted by atomic mass is 32.2. The van der Waals surface area contributed by atoms with Gasteiger partial charge in [-0.2, -0.15) is 8.78 Å². The van der Waals surface area contributed by atoms with E-state index in [1.165, 1.54) is 10.3 Å². The smallest absolute Gasteiger partial charge is 0.407 e. The zero-order valence-electron chi connectivity index (χ0n) is 18.6. The van der Waals surface area contributed by atoms with Gasteiger partial charge in [-0.25, -0.2) is 9.78 Å². The highest BCUT2D eigenvalue weighted by molar-refractivity contribution is 8.01. The molecule has 2 unspecified atom stereocenters. The number of fused-ring (bicyclic) bond motifs is 1. The summed E-state index contributed by atoms with van der Waals surface area (Å²) in [6.07, 6.45) is 0. The Morgan fingerprint density at radius 1 is 1.39 bits per heavy atom. The number of aromatic carboxylic acids is 1. The topological polar surface area (TPSA) is 217 Å². The Morgan fingerprint density at radius 2 is 2.13 bits per heavy atom. The number of aliphatic carboxylic acids is 1. The zero-order valence-corrected chi connectivity index (χ0v) is 21.8. The molecule has 0 aliphatic carbocycles. The number of carboxylic acids is 2. The summed E-state index contributed by atoms with van der Waals surface area (Å²) < 4.78 is 27.4. The molecule has 0 spiro atoms. The van der Waals surface area contributed by atoms with Crippen LogP contribution in [0, 0.1) is 5.41 Å². The molecule has 2 aliphatic rings. The van der Waals surface area contributed by atoms with Gasteiger partial charge in [0.1, 0.15) is 22.5 Å². The molecule has 2 amide bonds. The largest absolute Gasteiger partial charge is 0.481 e. The lowest BCUT2D eigenvalue weighted by Crippen LogP contribution is -2.74. The standard InChI is InChI=1S/C18H16F2N6O8S4/c19-16(20)34-24-7(5-1-35-17(21)22-5)10(28)23-8-11(29)26-2-18(15(32)33,3-36-12(8)26)4-37-14-6(13(30)31)9(27)25-38-14/h1,8,12,16H,2-4H2,(H2,21,22)(H,23,28)(H,25,27)(H,30,31)(H,32,33)/t8?,12-,18?/m1/s1. The van der Waals surface area contributed by atoms with Crippen LogP contribution in [0.15, 0.2) is 19.5 Å². The molecule has 2 aliphatic heterocycles. The molecule has 14 nitrogen and oxygen atoms in total. The fraction of sp³-hybridized carbons (Fsp3) is 0.389. The Balaban J connectivity index is 1.45. The molecule has 2 aromatic rings. The number of anilines is 1. The molecule has 20 heteroatoms. The SMILES string of the molecule is Nc1nc(C(=NOC(F)F)C(=O)NC2C(=O)N3CC(CSc4s[nH]c(=O)c4C(=O)O)(C(=O)O)CS[C@H]23)cs1. The van der Waals surface area contributed by atoms with Crippen molar-refractivity contribution in [3.63, 3.8) is 0 Å². The van der Waals surface area contributed by atoms with Gasteiger partial charge in [-0.15, -0.1) is 34.9 Å². The quantitative estimate of drug-likeness (QED) is 0.107. The van der Waals surface area contributed by atoms with Gasteiger partial charge < -0.3 is 31.0 Å². The average Bonchev–Trinajstić information content (AvgIpc) is 3.45. The molecule has 0 saturated carbocycles. The third kappa shape index (κ3) is 5.33. The molecule has 2 saturated heterocycles. The summed E-state index contributed by atoms with van der Waals surface area (Å²) in [6, 6.07) is -1.10. The minimum Gasteiger partial charge on any atom is -0.481 e. The molecule has 0 bridgehead atoms. The third-order valence-electron chi connectivity index (χ3n) is 5.45. The van der Waals surface area contributed by atoms with Crippen LogP contribution in [0.2, 0.25) is 0 Å². The Morgan fingerprint density at radius 3 is 2.74 bits per heavy atom. The Labute approximate surface area is 226 Å². The number of thioether (sulfide) groups is 2. The number of nitrogens with two attached hydrogens (primary N) is 1. The first-order valence-electron chi connectivity index (χ1n) is 10.2. The molecular formula is C18H16F2N6O8S4. The van der Waals surface area contributed by atoms with E-state index in [1.807, 2.05) is 0 Å². The Bertz CT molecular complexity index is 1380. The molecule has 2 aromatic heterocycles. The minimum absolute atomic E-state index is 0.00403. The zero-order chi connectivity index (χ0) is 27.8. The van der Waals surface area contributed by atoms with Gasteiger partial charge in [-0.05, 0) is 0 Å². The van der Waals surface area contributed by atoms with Gasteiger partial charge in [-0.3, -0.25) is 23.6 Å². The highest BCUT2D eigenvalue weighted by Crippen LogP contribution is 2.45. The summed E-state index contributed by atoms with van der Waals surface area (Å²) in [6.45, 7) is -3.55. The van der Waals surface area contributed by atoms with E-state index in [9.17, 15) is 43.0 Å². The van der Waals surface area contributed by atoms with Crippen LogP contribution in [0.3, 0.4) is 0 Å². The van der Waals surface area contributed by atoms with E-state index in [4.69, 9.17) is 5.73 Å². The first kappa shape index (κ1) is 27.8. The number of thiazole rings is 1. The van der Waals surface area contributed by atoms with Crippen LogP contribution in [-0.4, -0.2) is 90.0 Å². The van der Waals surface area contributed by atoms with Crippen molar-refractivity contribution < 1.29 is 43.0 Å². The number of oxime groups is 1. The van der Waals surface area contributed by atoms with Gasteiger partial charge in [-0.1, -0.05) is 16.7 Å². The summed E-state index contributed by atoms with van der Waals surface area (Å²) in [5.74, 6) is -4.45. The molecule has 0 radical (unpaired) electrons. The monoisotopic (exact) mass is 610 g/mol. The van der Waals surface area contributed by atoms with Crippen LogP contribution < -0.4 is 16.6 Å². The van der Waals surface area contributed by atoms with Gasteiger partial charge in [0.05, 0.1) is 4.21 Å². The van der Waals surface area contributed by atoms with Crippen molar-refractivity contribution in [1.82, 2.24) is 19.6 Å². The second-order valence-electron chi connectivity index (χ2n) is 7.87. The van der Waals surface area contributed by atoms with E-state index in [0.717, 1.165) is 46.4 Å². The van der Waals surface area contributed by atoms with Crippen LogP contribution >= 0.6 is 46.4 Å². The number of carboxylic acid groups (broad SMARTS) is 2. The molecule has 2 fully saturated rings. The second-order valence-corrected chi connectivity index (χ2v) is 11.9. The number of nitrogens with one attached hydrogen (secondary N) is 2. The summed E-state index contributed by atoms with van der Waals surface area (Å²) in [4.78, 5) is 69.9. The Kier molecular flexibility index (Phi) is 7.95. The number of rotatable bonds is 10. The van der Waals surface area contributed by atoms with Gasteiger partial charge in [0.15, 0.2) is 16.4 Å². The average molecular weight is 611 g/mol. The van der Waals surface area contributed by atoms with E-state index < -0.39 is 64.0 Å². The predicted molar refractivity (Wildman–Crippen MR) is 133 cm³/mol. The highest BCUT2D eigenvalue weighted by Gasteiger charge is 2.57. The van der Waals surface area contributed by atoms with E-state index in [-0.39, 0.29) is 33.1 Å². The van der Waals surface area contributed by atoms with Gasteiger partial charge >= 0.3 is 18.6 Å². The lowest BCUT2D eigenvalue weighted by atomic mass is 9.89. The van der Waals surface area contributed by atoms with E-state index >= 15 is 0 Å². The number of H-pyrrole nitrogens is 1. The number of carbonyl (C=O) groups is 4. The number of amides is 2. The van der Waals surface area contributed by atoms with E-state index in [0.29, 0.717) is 0 Å². The first-order chi connectivity index (χ1) is 17.9. The predicted octanol–water partition coefficient (Wildman–Crippen LogP) is 0.380. The number of halogens is 2. The van der Waals surface area contributed by atoms with Crippen molar-refractivity contribution in [2.45, 2.75) is 22.2 Å².